The van der Waals surface area contributed by atoms with Crippen LogP contribution in [0.3, 0.4) is 0 Å². The van der Waals surface area contributed by atoms with E-state index in [2.05, 4.69) is 25.9 Å². The molecule has 2 aliphatic rings. The van der Waals surface area contributed by atoms with Crippen LogP contribution in [0.25, 0.3) is 11.4 Å². The number of alkyl carbamates (subject to hydrolysis) is 1. The highest BCUT2D eigenvalue weighted by molar-refractivity contribution is 6.00. The summed E-state index contributed by atoms with van der Waals surface area (Å²) in [6.07, 6.45) is 1.11. The van der Waals surface area contributed by atoms with Gasteiger partial charge in [-0.15, -0.1) is 10.2 Å². The molecule has 4 rings (SSSR count). The van der Waals surface area contributed by atoms with Gasteiger partial charge in [-0.05, 0) is 24.1 Å². The number of amides is 2. The molecule has 0 bridgehead atoms. The third-order valence-electron chi connectivity index (χ3n) is 4.43. The van der Waals surface area contributed by atoms with Crippen LogP contribution in [0.2, 0.25) is 0 Å². The van der Waals surface area contributed by atoms with Crippen molar-refractivity contribution in [2.75, 3.05) is 19.6 Å². The van der Waals surface area contributed by atoms with Crippen molar-refractivity contribution in [2.45, 2.75) is 18.4 Å². The van der Waals surface area contributed by atoms with Crippen LogP contribution in [-0.4, -0.2) is 62.8 Å². The number of benzene rings is 1. The number of H-pyrrole nitrogens is 1. The summed E-state index contributed by atoms with van der Waals surface area (Å²) in [6.45, 7) is 1.44. The second kappa shape index (κ2) is 5.59. The molecule has 3 heterocycles. The summed E-state index contributed by atoms with van der Waals surface area (Å²) < 4.78 is 5.42. The Morgan fingerprint density at radius 3 is 2.96 bits per heavy atom. The number of rotatable bonds is 2. The van der Waals surface area contributed by atoms with E-state index in [1.807, 2.05) is 6.07 Å². The van der Waals surface area contributed by atoms with E-state index in [9.17, 15) is 9.59 Å². The molecule has 2 aromatic rings. The number of nitrogens with zero attached hydrogens (tertiary/aromatic N) is 4. The molecule has 2 aliphatic heterocycles. The Bertz CT molecular complexity index is 777. The van der Waals surface area contributed by atoms with Crippen molar-refractivity contribution in [3.63, 3.8) is 0 Å². The fourth-order valence-electron chi connectivity index (χ4n) is 3.31. The van der Waals surface area contributed by atoms with Gasteiger partial charge in [-0.1, -0.05) is 18.2 Å². The molecule has 2 N–H and O–H groups in total. The van der Waals surface area contributed by atoms with Gasteiger partial charge in [0.05, 0.1) is 18.7 Å². The minimum absolute atomic E-state index is 0.127. The molecule has 1 spiro atoms. The summed E-state index contributed by atoms with van der Waals surface area (Å²) in [5.41, 5.74) is 0.511. The maximum Gasteiger partial charge on any atom is 0.407 e. The van der Waals surface area contributed by atoms with Crippen molar-refractivity contribution < 1.29 is 14.3 Å². The molecule has 24 heavy (non-hydrogen) atoms. The van der Waals surface area contributed by atoms with Crippen LogP contribution in [0.5, 0.6) is 0 Å². The molecule has 2 amide bonds. The molecule has 0 radical (unpaired) electrons. The lowest BCUT2D eigenvalue weighted by atomic mass is 9.92. The predicted octanol–water partition coefficient (Wildman–Crippen LogP) is 0.581. The number of carbonyl (C=O) groups excluding carboxylic acids is 2. The maximum absolute atomic E-state index is 13.0. The van der Waals surface area contributed by atoms with Gasteiger partial charge in [0.1, 0.15) is 5.60 Å². The van der Waals surface area contributed by atoms with E-state index >= 15 is 0 Å². The minimum Gasteiger partial charge on any atom is -0.439 e. The molecule has 9 nitrogen and oxygen atoms in total. The number of carbonyl (C=O) groups is 2. The summed E-state index contributed by atoms with van der Waals surface area (Å²) in [5, 5.41) is 16.5. The number of aromatic amines is 1. The zero-order valence-electron chi connectivity index (χ0n) is 12.9. The zero-order chi connectivity index (χ0) is 16.6. The van der Waals surface area contributed by atoms with Gasteiger partial charge in [0.2, 0.25) is 5.82 Å². The first-order valence-corrected chi connectivity index (χ1v) is 7.76. The number of nitrogens with one attached hydrogen (secondary N) is 2. The molecule has 1 unspecified atom stereocenters. The number of piperidine rings is 1. The molecule has 0 aliphatic carbocycles. The summed E-state index contributed by atoms with van der Waals surface area (Å²) in [4.78, 5) is 26.1. The Labute approximate surface area is 137 Å². The molecule has 124 valence electrons. The Morgan fingerprint density at radius 1 is 1.33 bits per heavy atom. The molecule has 9 heteroatoms. The van der Waals surface area contributed by atoms with Gasteiger partial charge < -0.3 is 15.0 Å². The highest BCUT2D eigenvalue weighted by atomic mass is 16.6. The summed E-state index contributed by atoms with van der Waals surface area (Å²) in [5.74, 6) is 0.247. The number of likely N-dealkylation sites (tertiary alicyclic amines) is 1. The molecule has 1 aromatic heterocycles. The maximum atomic E-state index is 13.0. The summed E-state index contributed by atoms with van der Waals surface area (Å²) in [6, 6.07) is 7.15. The lowest BCUT2D eigenvalue weighted by Gasteiger charge is -2.38. The molecular weight excluding hydrogens is 312 g/mol. The number of tetrazole rings is 1. The van der Waals surface area contributed by atoms with Crippen molar-refractivity contribution >= 4 is 12.0 Å². The van der Waals surface area contributed by atoms with Crippen LogP contribution in [0.1, 0.15) is 23.2 Å². The van der Waals surface area contributed by atoms with Crippen molar-refractivity contribution in [1.29, 1.82) is 0 Å². The zero-order valence-corrected chi connectivity index (χ0v) is 12.9. The quantitative estimate of drug-likeness (QED) is 0.834. The summed E-state index contributed by atoms with van der Waals surface area (Å²) in [7, 11) is 0. The number of aromatic nitrogens is 4. The first-order valence-electron chi connectivity index (χ1n) is 7.76. The lowest BCUT2D eigenvalue weighted by Crippen LogP contribution is -2.52. The lowest BCUT2D eigenvalue weighted by molar-refractivity contribution is -0.00501. The van der Waals surface area contributed by atoms with E-state index in [-0.39, 0.29) is 5.91 Å². The van der Waals surface area contributed by atoms with Gasteiger partial charge in [0, 0.05) is 12.1 Å². The molecule has 0 saturated carbocycles. The second-order valence-electron chi connectivity index (χ2n) is 6.04. The van der Waals surface area contributed by atoms with E-state index in [0.717, 1.165) is 12.8 Å². The van der Waals surface area contributed by atoms with Gasteiger partial charge >= 0.3 is 6.09 Å². The second-order valence-corrected chi connectivity index (χ2v) is 6.04. The standard InChI is InChI=1S/C15H16N6O3/c22-13(11-5-2-1-4-10(11)12-17-19-20-18-12)21-7-3-6-15(9-21)8-16-14(23)24-15/h1-2,4-5H,3,6-9H2,(H,16,23)(H,17,18,19,20). The van der Waals surface area contributed by atoms with Crippen LogP contribution in [0.4, 0.5) is 4.79 Å². The van der Waals surface area contributed by atoms with Gasteiger partial charge in [-0.25, -0.2) is 4.79 Å². The first-order chi connectivity index (χ1) is 11.7. The van der Waals surface area contributed by atoms with Gasteiger partial charge in [-0.3, -0.25) is 4.79 Å². The largest absolute Gasteiger partial charge is 0.439 e. The normalized spacial score (nSPS) is 23.2. The molecule has 2 saturated heterocycles. The van der Waals surface area contributed by atoms with Gasteiger partial charge in [0.15, 0.2) is 0 Å². The van der Waals surface area contributed by atoms with E-state index in [4.69, 9.17) is 4.74 Å². The minimum atomic E-state index is -0.619. The molecule has 1 aromatic carbocycles. The van der Waals surface area contributed by atoms with Crippen molar-refractivity contribution in [3.8, 4) is 11.4 Å². The SMILES string of the molecule is O=C1NCC2(CCCN(C(=O)c3ccccc3-c3nn[nH]n3)C2)O1. The third kappa shape index (κ3) is 2.47. The topological polar surface area (TPSA) is 113 Å². The molecule has 2 fully saturated rings. The highest BCUT2D eigenvalue weighted by Crippen LogP contribution is 2.30. The van der Waals surface area contributed by atoms with Crippen molar-refractivity contribution in [2.24, 2.45) is 0 Å². The van der Waals surface area contributed by atoms with Crippen LogP contribution in [0, 0.1) is 0 Å². The Kier molecular flexibility index (Phi) is 3.40. The number of hydrogen-bond acceptors (Lipinski definition) is 6. The summed E-state index contributed by atoms with van der Waals surface area (Å²) >= 11 is 0. The van der Waals surface area contributed by atoms with Crippen LogP contribution < -0.4 is 5.32 Å². The first kappa shape index (κ1) is 14.6. The predicted molar refractivity (Wildman–Crippen MR) is 82.0 cm³/mol. The van der Waals surface area contributed by atoms with E-state index in [0.29, 0.717) is 36.6 Å². The molecule has 1 atom stereocenters. The van der Waals surface area contributed by atoms with E-state index in [1.165, 1.54) is 0 Å². The Morgan fingerprint density at radius 2 is 2.21 bits per heavy atom. The highest BCUT2D eigenvalue weighted by Gasteiger charge is 2.45. The Hall–Kier alpha value is -2.97. The van der Waals surface area contributed by atoms with Crippen LogP contribution in [0.15, 0.2) is 24.3 Å². The fraction of sp³-hybridized carbons (Fsp3) is 0.400. The fourth-order valence-corrected chi connectivity index (χ4v) is 3.31. The smallest absolute Gasteiger partial charge is 0.407 e. The van der Waals surface area contributed by atoms with Crippen molar-refractivity contribution in [1.82, 2.24) is 30.8 Å². The number of hydrogen-bond donors (Lipinski definition) is 2. The average Bonchev–Trinajstić information content (AvgIpc) is 3.25. The van der Waals surface area contributed by atoms with Gasteiger partial charge in [-0.2, -0.15) is 5.21 Å². The van der Waals surface area contributed by atoms with Crippen molar-refractivity contribution in [3.05, 3.63) is 29.8 Å². The average molecular weight is 328 g/mol. The van der Waals surface area contributed by atoms with Crippen LogP contribution >= 0.6 is 0 Å². The molecular formula is C15H16N6O3. The van der Waals surface area contributed by atoms with E-state index in [1.54, 1.807) is 23.1 Å². The Balaban J connectivity index is 1.61. The van der Waals surface area contributed by atoms with E-state index < -0.39 is 11.7 Å². The monoisotopic (exact) mass is 328 g/mol. The third-order valence-corrected chi connectivity index (χ3v) is 4.43. The van der Waals surface area contributed by atoms with Crippen LogP contribution in [-0.2, 0) is 4.74 Å². The van der Waals surface area contributed by atoms with Gasteiger partial charge in [0.25, 0.3) is 5.91 Å². The number of ether oxygens (including phenoxy) is 1.